The van der Waals surface area contributed by atoms with E-state index in [0.29, 0.717) is 24.0 Å². The minimum absolute atomic E-state index is 0.0488. The van der Waals surface area contributed by atoms with Crippen LogP contribution in [0, 0.1) is 0 Å². The van der Waals surface area contributed by atoms with Crippen LogP contribution in [0.1, 0.15) is 31.5 Å². The van der Waals surface area contributed by atoms with E-state index in [1.165, 1.54) is 10.9 Å². The summed E-state index contributed by atoms with van der Waals surface area (Å²) in [5.41, 5.74) is 2.63. The monoisotopic (exact) mass is 403 g/mol. The predicted octanol–water partition coefficient (Wildman–Crippen LogP) is 3.19. The summed E-state index contributed by atoms with van der Waals surface area (Å²) in [4.78, 5) is 36.7. The van der Waals surface area contributed by atoms with Crippen LogP contribution in [-0.4, -0.2) is 32.0 Å². The largest absolute Gasteiger partial charge is 0.356 e. The molecule has 2 aromatic carbocycles. The van der Waals surface area contributed by atoms with E-state index in [1.54, 1.807) is 6.07 Å². The Balaban J connectivity index is 1.15. The van der Waals surface area contributed by atoms with Crippen molar-refractivity contribution in [1.82, 2.24) is 24.8 Å². The number of amides is 1. The van der Waals surface area contributed by atoms with Gasteiger partial charge in [-0.25, -0.2) is 9.97 Å². The van der Waals surface area contributed by atoms with Gasteiger partial charge in [-0.2, -0.15) is 0 Å². The first-order chi connectivity index (χ1) is 14.7. The van der Waals surface area contributed by atoms with Crippen LogP contribution in [0.5, 0.6) is 0 Å². The van der Waals surface area contributed by atoms with E-state index in [-0.39, 0.29) is 17.9 Å². The molecule has 4 aromatic rings. The molecule has 0 saturated heterocycles. The van der Waals surface area contributed by atoms with Crippen LogP contribution in [0.2, 0.25) is 0 Å². The Morgan fingerprint density at radius 3 is 2.67 bits per heavy atom. The van der Waals surface area contributed by atoms with E-state index >= 15 is 0 Å². The molecule has 30 heavy (non-hydrogen) atoms. The second-order valence-electron chi connectivity index (χ2n) is 7.37. The number of rotatable bonds is 9. The summed E-state index contributed by atoms with van der Waals surface area (Å²) < 4.78 is 1.50. The van der Waals surface area contributed by atoms with E-state index in [4.69, 9.17) is 0 Å². The topological polar surface area (TPSA) is 92.7 Å². The lowest BCUT2D eigenvalue weighted by Gasteiger charge is -2.07. The molecule has 7 heteroatoms. The lowest BCUT2D eigenvalue weighted by Crippen LogP contribution is -2.28. The molecule has 0 radical (unpaired) electrons. The molecule has 0 atom stereocenters. The van der Waals surface area contributed by atoms with E-state index in [0.717, 1.165) is 42.5 Å². The molecule has 4 rings (SSSR count). The summed E-state index contributed by atoms with van der Waals surface area (Å²) in [6.07, 6.45) is 5.64. The van der Waals surface area contributed by atoms with Crippen LogP contribution >= 0.6 is 0 Å². The van der Waals surface area contributed by atoms with E-state index in [2.05, 4.69) is 20.3 Å². The quantitative estimate of drug-likeness (QED) is 0.420. The zero-order chi connectivity index (χ0) is 20.8. The molecule has 0 unspecified atom stereocenters. The number of nitrogens with zero attached hydrogens (tertiary/aromatic N) is 3. The SMILES string of the molecule is O=C(CCn1cnc2ccccc2c1=O)NCCCCCc1nc2ccccc2[nH]1. The minimum atomic E-state index is -0.112. The fourth-order valence-corrected chi connectivity index (χ4v) is 3.52. The maximum Gasteiger partial charge on any atom is 0.261 e. The number of carbonyl (C=O) groups excluding carboxylic acids is 1. The Kier molecular flexibility index (Phi) is 6.17. The van der Waals surface area contributed by atoms with Crippen LogP contribution in [0.15, 0.2) is 59.7 Å². The van der Waals surface area contributed by atoms with Gasteiger partial charge in [0.2, 0.25) is 5.91 Å². The van der Waals surface area contributed by atoms with Gasteiger partial charge in [-0.1, -0.05) is 30.7 Å². The van der Waals surface area contributed by atoms with Crippen LogP contribution < -0.4 is 10.9 Å². The second-order valence-corrected chi connectivity index (χ2v) is 7.37. The lowest BCUT2D eigenvalue weighted by atomic mass is 10.2. The van der Waals surface area contributed by atoms with E-state index in [9.17, 15) is 9.59 Å². The highest BCUT2D eigenvalue weighted by Crippen LogP contribution is 2.12. The maximum atomic E-state index is 12.4. The molecule has 2 heterocycles. The summed E-state index contributed by atoms with van der Waals surface area (Å²) in [6.45, 7) is 0.971. The number of aromatic nitrogens is 4. The summed E-state index contributed by atoms with van der Waals surface area (Å²) in [6, 6.07) is 15.3. The molecule has 0 saturated carbocycles. The van der Waals surface area contributed by atoms with Gasteiger partial charge in [-0.15, -0.1) is 0 Å². The fourth-order valence-electron chi connectivity index (χ4n) is 3.52. The number of imidazole rings is 1. The summed E-state index contributed by atoms with van der Waals surface area (Å²) >= 11 is 0. The normalized spacial score (nSPS) is 11.2. The highest BCUT2D eigenvalue weighted by atomic mass is 16.1. The number of aryl methyl sites for hydroxylation is 2. The van der Waals surface area contributed by atoms with Crippen LogP contribution in [0.3, 0.4) is 0 Å². The Hall–Kier alpha value is -3.48. The molecule has 0 spiro atoms. The van der Waals surface area contributed by atoms with Gasteiger partial charge in [0.1, 0.15) is 5.82 Å². The Morgan fingerprint density at radius 1 is 1.00 bits per heavy atom. The van der Waals surface area contributed by atoms with Crippen molar-refractivity contribution in [3.8, 4) is 0 Å². The van der Waals surface area contributed by atoms with E-state index in [1.807, 2.05) is 42.5 Å². The van der Waals surface area contributed by atoms with Crippen molar-refractivity contribution >= 4 is 27.8 Å². The fraction of sp³-hybridized carbons (Fsp3) is 0.304. The number of hydrogen-bond donors (Lipinski definition) is 2. The van der Waals surface area contributed by atoms with Gasteiger partial charge in [0.15, 0.2) is 0 Å². The number of aromatic amines is 1. The van der Waals surface area contributed by atoms with Gasteiger partial charge in [0.25, 0.3) is 5.56 Å². The van der Waals surface area contributed by atoms with Crippen molar-refractivity contribution in [3.05, 3.63) is 71.0 Å². The first-order valence-corrected chi connectivity index (χ1v) is 10.4. The van der Waals surface area contributed by atoms with Gasteiger partial charge < -0.3 is 10.3 Å². The zero-order valence-corrected chi connectivity index (χ0v) is 16.8. The number of fused-ring (bicyclic) bond motifs is 2. The van der Waals surface area contributed by atoms with Crippen molar-refractivity contribution in [1.29, 1.82) is 0 Å². The van der Waals surface area contributed by atoms with Crippen LogP contribution in [0.4, 0.5) is 0 Å². The minimum Gasteiger partial charge on any atom is -0.356 e. The summed E-state index contributed by atoms with van der Waals surface area (Å²) in [5, 5.41) is 3.51. The summed E-state index contributed by atoms with van der Waals surface area (Å²) in [7, 11) is 0. The molecule has 7 nitrogen and oxygen atoms in total. The number of benzene rings is 2. The Morgan fingerprint density at radius 2 is 1.80 bits per heavy atom. The summed E-state index contributed by atoms with van der Waals surface area (Å²) in [5.74, 6) is 0.960. The number of unbranched alkanes of at least 4 members (excludes halogenated alkanes) is 2. The lowest BCUT2D eigenvalue weighted by molar-refractivity contribution is -0.121. The highest BCUT2D eigenvalue weighted by molar-refractivity contribution is 5.77. The van der Waals surface area contributed by atoms with Gasteiger partial charge in [0, 0.05) is 25.9 Å². The van der Waals surface area contributed by atoms with Crippen LogP contribution in [0.25, 0.3) is 21.9 Å². The Bertz CT molecular complexity index is 1180. The first-order valence-electron chi connectivity index (χ1n) is 10.4. The van der Waals surface area contributed by atoms with Crippen molar-refractivity contribution < 1.29 is 4.79 Å². The van der Waals surface area contributed by atoms with Crippen molar-refractivity contribution in [2.24, 2.45) is 0 Å². The van der Waals surface area contributed by atoms with Crippen molar-refractivity contribution in [3.63, 3.8) is 0 Å². The molecule has 0 aliphatic heterocycles. The number of carbonyl (C=O) groups is 1. The number of H-pyrrole nitrogens is 1. The third-order valence-corrected chi connectivity index (χ3v) is 5.16. The molecule has 0 bridgehead atoms. The average molecular weight is 403 g/mol. The van der Waals surface area contributed by atoms with Gasteiger partial charge >= 0.3 is 0 Å². The number of nitrogens with one attached hydrogen (secondary N) is 2. The molecule has 0 aliphatic carbocycles. The Labute approximate surface area is 174 Å². The molecule has 2 aromatic heterocycles. The molecular formula is C23H25N5O2. The van der Waals surface area contributed by atoms with Crippen LogP contribution in [-0.2, 0) is 17.8 Å². The van der Waals surface area contributed by atoms with Gasteiger partial charge in [-0.3, -0.25) is 14.2 Å². The third-order valence-electron chi connectivity index (χ3n) is 5.16. The second kappa shape index (κ2) is 9.35. The van der Waals surface area contributed by atoms with Crippen molar-refractivity contribution in [2.75, 3.05) is 6.54 Å². The number of hydrogen-bond acceptors (Lipinski definition) is 4. The first kappa shape index (κ1) is 19.8. The van der Waals surface area contributed by atoms with Gasteiger partial charge in [0.05, 0.1) is 28.3 Å². The van der Waals surface area contributed by atoms with Gasteiger partial charge in [-0.05, 0) is 37.1 Å². The molecule has 1 amide bonds. The molecule has 2 N–H and O–H groups in total. The number of para-hydroxylation sites is 3. The highest BCUT2D eigenvalue weighted by Gasteiger charge is 2.06. The molecule has 0 aliphatic rings. The third kappa shape index (κ3) is 4.74. The standard InChI is InChI=1S/C23H25N5O2/c29-22(13-15-28-16-25-18-9-4-3-8-17(18)23(28)30)24-14-7-1-2-12-21-26-19-10-5-6-11-20(19)27-21/h3-6,8-11,16H,1-2,7,12-15H2,(H,24,29)(H,26,27). The average Bonchev–Trinajstić information content (AvgIpc) is 3.19. The van der Waals surface area contributed by atoms with Crippen molar-refractivity contribution in [2.45, 2.75) is 38.6 Å². The molecular weight excluding hydrogens is 378 g/mol. The maximum absolute atomic E-state index is 12.4. The predicted molar refractivity (Wildman–Crippen MR) is 117 cm³/mol. The zero-order valence-electron chi connectivity index (χ0n) is 16.8. The van der Waals surface area contributed by atoms with E-state index < -0.39 is 0 Å². The molecule has 154 valence electrons. The smallest absolute Gasteiger partial charge is 0.261 e. The molecule has 0 fully saturated rings.